The summed E-state index contributed by atoms with van der Waals surface area (Å²) >= 11 is 6.66. The van der Waals surface area contributed by atoms with Crippen molar-refractivity contribution in [3.63, 3.8) is 0 Å². The molecule has 0 radical (unpaired) electrons. The fourth-order valence-electron chi connectivity index (χ4n) is 1.74. The molecule has 0 atom stereocenters. The van der Waals surface area contributed by atoms with Gasteiger partial charge >= 0.3 is 5.97 Å². The van der Waals surface area contributed by atoms with E-state index in [4.69, 9.17) is 21.5 Å². The van der Waals surface area contributed by atoms with Crippen molar-refractivity contribution in [3.05, 3.63) is 27.8 Å². The van der Waals surface area contributed by atoms with Crippen LogP contribution in [0.1, 0.15) is 26.6 Å². The van der Waals surface area contributed by atoms with Gasteiger partial charge in [-0.05, 0) is 38.6 Å². The van der Waals surface area contributed by atoms with Crippen LogP contribution in [-0.4, -0.2) is 23.3 Å². The second-order valence-electron chi connectivity index (χ2n) is 4.38. The zero-order valence-electron chi connectivity index (χ0n) is 12.1. The van der Waals surface area contributed by atoms with E-state index in [9.17, 15) is 4.79 Å². The Hall–Kier alpha value is -1.93. The summed E-state index contributed by atoms with van der Waals surface area (Å²) in [5.74, 6) is 0.799. The molecular weight excluding hydrogens is 310 g/mol. The first-order chi connectivity index (χ1) is 9.92. The Morgan fingerprint density at radius 3 is 2.67 bits per heavy atom. The second kappa shape index (κ2) is 6.23. The van der Waals surface area contributed by atoms with Crippen LogP contribution in [0.3, 0.4) is 0 Å². The Morgan fingerprint density at radius 1 is 1.38 bits per heavy atom. The minimum atomic E-state index is -0.389. The number of hydrogen-bond donors (Lipinski definition) is 2. The second-order valence-corrected chi connectivity index (χ2v) is 6.01. The molecule has 0 spiro atoms. The average Bonchev–Trinajstić information content (AvgIpc) is 2.94. The van der Waals surface area contributed by atoms with Crippen LogP contribution >= 0.6 is 23.6 Å². The normalized spacial score (nSPS) is 10.3. The molecule has 0 fully saturated rings. The summed E-state index contributed by atoms with van der Waals surface area (Å²) in [7, 11) is 1.35. The van der Waals surface area contributed by atoms with Crippen LogP contribution in [0.15, 0.2) is 10.6 Å². The lowest BCUT2D eigenvalue weighted by molar-refractivity contribution is 0.0601. The van der Waals surface area contributed by atoms with Gasteiger partial charge in [0.1, 0.15) is 10.8 Å². The van der Waals surface area contributed by atoms with Crippen molar-refractivity contribution in [1.29, 1.82) is 0 Å². The van der Waals surface area contributed by atoms with Crippen LogP contribution < -0.4 is 10.6 Å². The van der Waals surface area contributed by atoms with Crippen LogP contribution in [0.25, 0.3) is 0 Å². The number of aryl methyl sites for hydroxylation is 2. The number of ether oxygens (including phenoxy) is 1. The number of carbonyl (C=O) groups is 1. The number of aromatic nitrogens is 1. The maximum absolute atomic E-state index is 11.9. The summed E-state index contributed by atoms with van der Waals surface area (Å²) in [4.78, 5) is 12.9. The molecule has 2 rings (SSSR count). The number of esters is 1. The van der Waals surface area contributed by atoms with E-state index in [1.54, 1.807) is 13.0 Å². The number of anilines is 2. The van der Waals surface area contributed by atoms with E-state index in [0.29, 0.717) is 27.3 Å². The van der Waals surface area contributed by atoms with Crippen molar-refractivity contribution < 1.29 is 14.1 Å². The number of nitrogens with zero attached hydrogens (tertiary/aromatic N) is 1. The standard InChI is InChI=1S/C13H15N3O3S2/c1-6-5-9(16-19-6)14-13(20)15-11-10(12(17)18-4)7(2)8(3)21-11/h5H,1-4H3,(H2,14,15,16,20). The molecule has 21 heavy (non-hydrogen) atoms. The van der Waals surface area contributed by atoms with Gasteiger partial charge < -0.3 is 19.9 Å². The van der Waals surface area contributed by atoms with E-state index in [2.05, 4.69) is 15.8 Å². The van der Waals surface area contributed by atoms with Gasteiger partial charge in [0.25, 0.3) is 0 Å². The summed E-state index contributed by atoms with van der Waals surface area (Å²) in [6, 6.07) is 1.72. The Balaban J connectivity index is 2.17. The predicted octanol–water partition coefficient (Wildman–Crippen LogP) is 3.26. The van der Waals surface area contributed by atoms with Crippen LogP contribution in [0, 0.1) is 20.8 Å². The fraction of sp³-hybridized carbons (Fsp3) is 0.308. The average molecular weight is 325 g/mol. The van der Waals surface area contributed by atoms with Crippen molar-refractivity contribution in [2.45, 2.75) is 20.8 Å². The number of nitrogens with one attached hydrogen (secondary N) is 2. The Morgan fingerprint density at radius 2 is 2.10 bits per heavy atom. The quantitative estimate of drug-likeness (QED) is 0.662. The highest BCUT2D eigenvalue weighted by Gasteiger charge is 2.20. The molecule has 8 heteroatoms. The van der Waals surface area contributed by atoms with Gasteiger partial charge in [-0.15, -0.1) is 11.3 Å². The molecule has 0 aliphatic carbocycles. The van der Waals surface area contributed by atoms with Crippen molar-refractivity contribution >= 4 is 45.5 Å². The molecule has 2 aromatic rings. The van der Waals surface area contributed by atoms with Gasteiger partial charge in [0.05, 0.1) is 12.7 Å². The van der Waals surface area contributed by atoms with Gasteiger partial charge in [-0.3, -0.25) is 0 Å². The van der Waals surface area contributed by atoms with E-state index in [0.717, 1.165) is 10.4 Å². The van der Waals surface area contributed by atoms with Gasteiger partial charge in [-0.25, -0.2) is 4.79 Å². The zero-order chi connectivity index (χ0) is 15.6. The summed E-state index contributed by atoms with van der Waals surface area (Å²) in [6.45, 7) is 5.60. The molecular formula is C13H15N3O3S2. The summed E-state index contributed by atoms with van der Waals surface area (Å²) < 4.78 is 9.76. The number of carbonyl (C=O) groups excluding carboxylic acids is 1. The maximum Gasteiger partial charge on any atom is 0.341 e. The summed E-state index contributed by atoms with van der Waals surface area (Å²) in [6.07, 6.45) is 0. The molecule has 0 aliphatic rings. The fourth-order valence-corrected chi connectivity index (χ4v) is 3.06. The summed E-state index contributed by atoms with van der Waals surface area (Å²) in [5, 5.41) is 10.7. The summed E-state index contributed by atoms with van der Waals surface area (Å²) in [5.41, 5.74) is 1.38. The Bertz CT molecular complexity index is 691. The first-order valence-corrected chi connectivity index (χ1v) is 7.34. The van der Waals surface area contributed by atoms with Crippen LogP contribution in [0.4, 0.5) is 10.8 Å². The molecule has 0 bridgehead atoms. The first-order valence-electron chi connectivity index (χ1n) is 6.12. The molecule has 2 aromatic heterocycles. The molecule has 0 amide bonds. The zero-order valence-corrected chi connectivity index (χ0v) is 13.7. The molecule has 2 N–H and O–H groups in total. The lowest BCUT2D eigenvalue weighted by Crippen LogP contribution is -2.20. The van der Waals surface area contributed by atoms with Crippen LogP contribution in [-0.2, 0) is 4.74 Å². The van der Waals surface area contributed by atoms with Gasteiger partial charge in [0.15, 0.2) is 10.9 Å². The van der Waals surface area contributed by atoms with Gasteiger partial charge in [0, 0.05) is 10.9 Å². The third-order valence-corrected chi connectivity index (χ3v) is 4.20. The number of thiocarbonyl (C=S) groups is 1. The maximum atomic E-state index is 11.9. The minimum Gasteiger partial charge on any atom is -0.465 e. The number of rotatable bonds is 3. The third-order valence-electron chi connectivity index (χ3n) is 2.87. The number of methoxy groups -OCH3 is 1. The Kier molecular flexibility index (Phi) is 4.59. The SMILES string of the molecule is COC(=O)c1c(NC(=S)Nc2cc(C)on2)sc(C)c1C. The van der Waals surface area contributed by atoms with E-state index in [-0.39, 0.29) is 5.97 Å². The first kappa shape index (κ1) is 15.5. The van der Waals surface area contributed by atoms with E-state index in [1.165, 1.54) is 18.4 Å². The molecule has 112 valence electrons. The van der Waals surface area contributed by atoms with Crippen molar-refractivity contribution in [3.8, 4) is 0 Å². The Labute approximate surface area is 131 Å². The van der Waals surface area contributed by atoms with E-state index < -0.39 is 0 Å². The van der Waals surface area contributed by atoms with Crippen molar-refractivity contribution in [1.82, 2.24) is 5.16 Å². The van der Waals surface area contributed by atoms with E-state index >= 15 is 0 Å². The van der Waals surface area contributed by atoms with Gasteiger partial charge in [0.2, 0.25) is 0 Å². The molecule has 2 heterocycles. The van der Waals surface area contributed by atoms with Gasteiger partial charge in [-0.1, -0.05) is 5.16 Å². The van der Waals surface area contributed by atoms with Crippen molar-refractivity contribution in [2.24, 2.45) is 0 Å². The van der Waals surface area contributed by atoms with Gasteiger partial charge in [-0.2, -0.15) is 0 Å². The third kappa shape index (κ3) is 3.40. The minimum absolute atomic E-state index is 0.328. The van der Waals surface area contributed by atoms with Crippen LogP contribution in [0.2, 0.25) is 0 Å². The molecule has 6 nitrogen and oxygen atoms in total. The number of hydrogen-bond acceptors (Lipinski definition) is 6. The molecule has 0 unspecified atom stereocenters. The monoisotopic (exact) mass is 325 g/mol. The highest BCUT2D eigenvalue weighted by Crippen LogP contribution is 2.33. The lowest BCUT2D eigenvalue weighted by Gasteiger charge is -2.08. The smallest absolute Gasteiger partial charge is 0.341 e. The topological polar surface area (TPSA) is 76.4 Å². The molecule has 0 aliphatic heterocycles. The molecule has 0 saturated carbocycles. The predicted molar refractivity (Wildman–Crippen MR) is 86.2 cm³/mol. The molecule has 0 aromatic carbocycles. The molecule has 0 saturated heterocycles. The highest BCUT2D eigenvalue weighted by atomic mass is 32.1. The lowest BCUT2D eigenvalue weighted by atomic mass is 10.1. The highest BCUT2D eigenvalue weighted by molar-refractivity contribution is 7.80. The van der Waals surface area contributed by atoms with E-state index in [1.807, 2.05) is 13.8 Å². The van der Waals surface area contributed by atoms with Crippen LogP contribution in [0.5, 0.6) is 0 Å². The number of thiophene rings is 1. The van der Waals surface area contributed by atoms with Crippen molar-refractivity contribution in [2.75, 3.05) is 17.7 Å². The largest absolute Gasteiger partial charge is 0.465 e.